The second-order valence-corrected chi connectivity index (χ2v) is 5.95. The summed E-state index contributed by atoms with van der Waals surface area (Å²) in [6, 6.07) is 9.25. The summed E-state index contributed by atoms with van der Waals surface area (Å²) in [5, 5.41) is 2.99. The van der Waals surface area contributed by atoms with Crippen molar-refractivity contribution >= 4 is 22.2 Å². The maximum atomic E-state index is 11.7. The summed E-state index contributed by atoms with van der Waals surface area (Å²) in [6.07, 6.45) is 1.08. The van der Waals surface area contributed by atoms with Gasteiger partial charge in [-0.1, -0.05) is 12.1 Å². The SMILES string of the molecule is CCOc1ccccc1OCC(=O)N/N=C\c1ccc(S(=O)(=O)O)o1. The first-order chi connectivity index (χ1) is 11.9. The van der Waals surface area contributed by atoms with Gasteiger partial charge < -0.3 is 13.9 Å². The number of nitrogens with one attached hydrogen (secondary N) is 1. The summed E-state index contributed by atoms with van der Waals surface area (Å²) in [5.74, 6) is 0.446. The number of ether oxygens (including phenoxy) is 2. The molecule has 0 unspecified atom stereocenters. The van der Waals surface area contributed by atoms with Crippen molar-refractivity contribution in [3.05, 3.63) is 42.2 Å². The fourth-order valence-electron chi connectivity index (χ4n) is 1.73. The topological polar surface area (TPSA) is 127 Å². The summed E-state index contributed by atoms with van der Waals surface area (Å²) >= 11 is 0. The Hall–Kier alpha value is -2.85. The number of rotatable bonds is 8. The van der Waals surface area contributed by atoms with Crippen LogP contribution >= 0.6 is 0 Å². The van der Waals surface area contributed by atoms with Gasteiger partial charge in [-0.05, 0) is 31.2 Å². The standard InChI is InChI=1S/C15H16N2O7S/c1-2-22-12-5-3-4-6-13(12)23-10-14(18)17-16-9-11-7-8-15(24-11)25(19,20)21/h3-9H,2,10H2,1H3,(H,17,18)(H,19,20,21)/b16-9-. The van der Waals surface area contributed by atoms with E-state index in [0.717, 1.165) is 12.3 Å². The fourth-order valence-corrected chi connectivity index (χ4v) is 2.17. The molecule has 0 aliphatic heterocycles. The zero-order valence-electron chi connectivity index (χ0n) is 13.2. The lowest BCUT2D eigenvalue weighted by Crippen LogP contribution is -2.24. The van der Waals surface area contributed by atoms with Crippen molar-refractivity contribution in [2.24, 2.45) is 5.10 Å². The number of hydrogen-bond acceptors (Lipinski definition) is 7. The van der Waals surface area contributed by atoms with Gasteiger partial charge in [0.05, 0.1) is 12.8 Å². The van der Waals surface area contributed by atoms with Gasteiger partial charge in [0.25, 0.3) is 5.91 Å². The minimum atomic E-state index is -4.42. The predicted molar refractivity (Wildman–Crippen MR) is 87.4 cm³/mol. The molecule has 1 aromatic heterocycles. The Kier molecular flexibility index (Phi) is 6.14. The van der Waals surface area contributed by atoms with Crippen LogP contribution in [-0.4, -0.2) is 38.3 Å². The first-order valence-corrected chi connectivity index (χ1v) is 8.58. The highest BCUT2D eigenvalue weighted by molar-refractivity contribution is 7.85. The largest absolute Gasteiger partial charge is 0.490 e. The molecule has 0 spiro atoms. The second-order valence-electron chi connectivity index (χ2n) is 4.59. The first-order valence-electron chi connectivity index (χ1n) is 7.14. The number of hydrogen-bond donors (Lipinski definition) is 2. The number of para-hydroxylation sites is 2. The van der Waals surface area contributed by atoms with Crippen LogP contribution in [0.15, 0.2) is 51.0 Å². The fraction of sp³-hybridized carbons (Fsp3) is 0.200. The van der Waals surface area contributed by atoms with Gasteiger partial charge in [0.2, 0.25) is 5.09 Å². The molecule has 134 valence electrons. The van der Waals surface area contributed by atoms with Gasteiger partial charge in [0.1, 0.15) is 5.76 Å². The molecule has 2 N–H and O–H groups in total. The predicted octanol–water partition coefficient (Wildman–Crippen LogP) is 1.45. The Morgan fingerprint density at radius 3 is 2.52 bits per heavy atom. The van der Waals surface area contributed by atoms with Gasteiger partial charge >= 0.3 is 10.1 Å². The van der Waals surface area contributed by atoms with Gasteiger partial charge in [-0.25, -0.2) is 5.43 Å². The van der Waals surface area contributed by atoms with E-state index in [1.807, 2.05) is 6.92 Å². The molecule has 25 heavy (non-hydrogen) atoms. The molecular formula is C15H16N2O7S. The minimum Gasteiger partial charge on any atom is -0.490 e. The van der Waals surface area contributed by atoms with Gasteiger partial charge in [-0.3, -0.25) is 9.35 Å². The summed E-state index contributed by atoms with van der Waals surface area (Å²) in [7, 11) is -4.42. The smallest absolute Gasteiger partial charge is 0.328 e. The molecule has 0 atom stereocenters. The van der Waals surface area contributed by atoms with Crippen LogP contribution < -0.4 is 14.9 Å². The van der Waals surface area contributed by atoms with Crippen molar-refractivity contribution < 1.29 is 31.7 Å². The highest BCUT2D eigenvalue weighted by Gasteiger charge is 2.14. The lowest BCUT2D eigenvalue weighted by atomic mass is 10.3. The number of benzene rings is 1. The van der Waals surface area contributed by atoms with Crippen LogP contribution in [0.4, 0.5) is 0 Å². The second kappa shape index (κ2) is 8.31. The molecule has 0 fully saturated rings. The third-order valence-electron chi connectivity index (χ3n) is 2.75. The normalized spacial score (nSPS) is 11.4. The number of nitrogens with zero attached hydrogens (tertiary/aromatic N) is 1. The zero-order valence-corrected chi connectivity index (χ0v) is 14.0. The third-order valence-corrected chi connectivity index (χ3v) is 3.47. The van der Waals surface area contributed by atoms with E-state index >= 15 is 0 Å². The summed E-state index contributed by atoms with van der Waals surface area (Å²) in [4.78, 5) is 11.7. The monoisotopic (exact) mass is 368 g/mol. The van der Waals surface area contributed by atoms with Gasteiger partial charge in [-0.15, -0.1) is 0 Å². The Morgan fingerprint density at radius 1 is 1.24 bits per heavy atom. The molecule has 0 aliphatic carbocycles. The van der Waals surface area contributed by atoms with Crippen LogP contribution in [0, 0.1) is 0 Å². The van der Waals surface area contributed by atoms with Crippen molar-refractivity contribution in [1.29, 1.82) is 0 Å². The minimum absolute atomic E-state index is 0.0375. The summed E-state index contributed by atoms with van der Waals surface area (Å²) in [5.41, 5.74) is 2.19. The molecule has 1 amide bonds. The van der Waals surface area contributed by atoms with Crippen molar-refractivity contribution in [1.82, 2.24) is 5.43 Å². The van der Waals surface area contributed by atoms with E-state index in [9.17, 15) is 13.2 Å². The van der Waals surface area contributed by atoms with E-state index in [-0.39, 0.29) is 12.4 Å². The lowest BCUT2D eigenvalue weighted by Gasteiger charge is -2.10. The van der Waals surface area contributed by atoms with Gasteiger partial charge in [0.15, 0.2) is 18.1 Å². The number of carbonyl (C=O) groups is 1. The maximum Gasteiger partial charge on any atom is 0.328 e. The van der Waals surface area contributed by atoms with Crippen LogP contribution in [-0.2, 0) is 14.9 Å². The average Bonchev–Trinajstić information content (AvgIpc) is 3.03. The number of amides is 1. The molecule has 2 aromatic rings. The zero-order chi connectivity index (χ0) is 18.3. The third kappa shape index (κ3) is 5.62. The average molecular weight is 368 g/mol. The Balaban J connectivity index is 1.86. The molecule has 1 aromatic carbocycles. The molecule has 2 rings (SSSR count). The van der Waals surface area contributed by atoms with E-state index in [1.54, 1.807) is 24.3 Å². The number of carbonyl (C=O) groups excluding carboxylic acids is 1. The van der Waals surface area contributed by atoms with Crippen molar-refractivity contribution in [3.63, 3.8) is 0 Å². The summed E-state index contributed by atoms with van der Waals surface area (Å²) < 4.78 is 46.0. The molecule has 0 bridgehead atoms. The number of furan rings is 1. The highest BCUT2D eigenvalue weighted by Crippen LogP contribution is 2.26. The van der Waals surface area contributed by atoms with E-state index < -0.39 is 21.1 Å². The van der Waals surface area contributed by atoms with Crippen LogP contribution in [0.5, 0.6) is 11.5 Å². The van der Waals surface area contributed by atoms with E-state index in [0.29, 0.717) is 18.1 Å². The Bertz CT molecular complexity index is 858. The van der Waals surface area contributed by atoms with E-state index in [2.05, 4.69) is 10.5 Å². The highest BCUT2D eigenvalue weighted by atomic mass is 32.2. The van der Waals surface area contributed by atoms with Crippen LogP contribution in [0.25, 0.3) is 0 Å². The Morgan fingerprint density at radius 2 is 1.92 bits per heavy atom. The molecule has 0 saturated carbocycles. The van der Waals surface area contributed by atoms with Crippen molar-refractivity contribution in [2.45, 2.75) is 12.0 Å². The molecular weight excluding hydrogens is 352 g/mol. The molecule has 1 heterocycles. The van der Waals surface area contributed by atoms with Crippen molar-refractivity contribution in [3.8, 4) is 11.5 Å². The quantitative estimate of drug-likeness (QED) is 0.410. The van der Waals surface area contributed by atoms with Crippen LogP contribution in [0.1, 0.15) is 12.7 Å². The van der Waals surface area contributed by atoms with E-state index in [4.69, 9.17) is 18.4 Å². The van der Waals surface area contributed by atoms with Gasteiger partial charge in [0, 0.05) is 0 Å². The van der Waals surface area contributed by atoms with Crippen LogP contribution in [0.3, 0.4) is 0 Å². The number of hydrazone groups is 1. The lowest BCUT2D eigenvalue weighted by molar-refractivity contribution is -0.123. The molecule has 9 nitrogen and oxygen atoms in total. The van der Waals surface area contributed by atoms with E-state index in [1.165, 1.54) is 6.07 Å². The maximum absolute atomic E-state index is 11.7. The molecule has 0 radical (unpaired) electrons. The molecule has 10 heteroatoms. The van der Waals surface area contributed by atoms with Crippen molar-refractivity contribution in [2.75, 3.05) is 13.2 Å². The summed E-state index contributed by atoms with van der Waals surface area (Å²) in [6.45, 7) is 2.00. The van der Waals surface area contributed by atoms with Crippen LogP contribution in [0.2, 0.25) is 0 Å². The Labute approximate surface area is 144 Å². The molecule has 0 aliphatic rings. The first kappa shape index (κ1) is 18.5. The molecule has 0 saturated heterocycles. The van der Waals surface area contributed by atoms with Gasteiger partial charge in [-0.2, -0.15) is 13.5 Å².